The Morgan fingerprint density at radius 1 is 1.14 bits per heavy atom. The topological polar surface area (TPSA) is 32.3 Å². The smallest absolute Gasteiger partial charge is 0.258 e. The second-order valence-corrected chi connectivity index (χ2v) is 5.51. The first-order valence-electron chi connectivity index (χ1n) is 7.35. The van der Waals surface area contributed by atoms with Crippen LogP contribution in [-0.2, 0) is 0 Å². The summed E-state index contributed by atoms with van der Waals surface area (Å²) in [6, 6.07) is 16.3. The number of aryl methyl sites for hydroxylation is 1. The minimum atomic E-state index is 0.0806. The summed E-state index contributed by atoms with van der Waals surface area (Å²) < 4.78 is 0. The predicted molar refractivity (Wildman–Crippen MR) is 85.7 cm³/mol. The minimum Gasteiger partial charge on any atom is -0.313 e. The Morgan fingerprint density at radius 3 is 2.57 bits per heavy atom. The van der Waals surface area contributed by atoms with Gasteiger partial charge in [-0.05, 0) is 44.2 Å². The fraction of sp³-hybridized carbons (Fsp3) is 0.278. The first-order chi connectivity index (χ1) is 10.2. The maximum Gasteiger partial charge on any atom is 0.258 e. The zero-order chi connectivity index (χ0) is 14.8. The maximum atomic E-state index is 12.8. The number of rotatable bonds is 2. The summed E-state index contributed by atoms with van der Waals surface area (Å²) in [5.74, 6) is 0.0806. The van der Waals surface area contributed by atoms with Crippen molar-refractivity contribution in [1.82, 2.24) is 5.32 Å². The molecule has 1 heterocycles. The second kappa shape index (κ2) is 5.70. The van der Waals surface area contributed by atoms with Gasteiger partial charge in [-0.2, -0.15) is 0 Å². The van der Waals surface area contributed by atoms with E-state index < -0.39 is 0 Å². The molecule has 2 aromatic carbocycles. The van der Waals surface area contributed by atoms with E-state index in [2.05, 4.69) is 11.4 Å². The molecular formula is C18H20N2O. The average molecular weight is 280 g/mol. The van der Waals surface area contributed by atoms with Crippen LogP contribution in [0.15, 0.2) is 48.5 Å². The first kappa shape index (κ1) is 13.8. The lowest BCUT2D eigenvalue weighted by atomic mass is 9.96. The number of para-hydroxylation sites is 1. The summed E-state index contributed by atoms with van der Waals surface area (Å²) in [7, 11) is 1.97. The van der Waals surface area contributed by atoms with E-state index in [1.54, 1.807) is 0 Å². The Bertz CT molecular complexity index is 649. The van der Waals surface area contributed by atoms with Crippen LogP contribution in [0.1, 0.15) is 33.9 Å². The normalized spacial score (nSPS) is 17.4. The van der Waals surface area contributed by atoms with Gasteiger partial charge in [-0.25, -0.2) is 0 Å². The van der Waals surface area contributed by atoms with E-state index in [0.29, 0.717) is 6.04 Å². The van der Waals surface area contributed by atoms with Crippen molar-refractivity contribution < 1.29 is 4.79 Å². The number of amides is 1. The molecule has 0 spiro atoms. The molecule has 1 aliphatic heterocycles. The number of fused-ring (bicyclic) bond motifs is 1. The number of carbonyl (C=O) groups excluding carboxylic acids is 1. The Hall–Kier alpha value is -2.13. The number of hydrogen-bond donors (Lipinski definition) is 1. The summed E-state index contributed by atoms with van der Waals surface area (Å²) in [6.45, 7) is 2.77. The Labute approximate surface area is 125 Å². The standard InChI is InChI=1S/C18H20N2O/c1-13-7-9-14(10-8-13)18(21)20-12-11-16(19-2)15-5-3-4-6-17(15)20/h3-10,16,19H,11-12H2,1-2H3. The van der Waals surface area contributed by atoms with Gasteiger partial charge in [0.1, 0.15) is 0 Å². The van der Waals surface area contributed by atoms with E-state index in [0.717, 1.165) is 24.2 Å². The molecule has 1 unspecified atom stereocenters. The number of nitrogens with one attached hydrogen (secondary N) is 1. The van der Waals surface area contributed by atoms with Gasteiger partial charge < -0.3 is 10.2 Å². The van der Waals surface area contributed by atoms with Crippen molar-refractivity contribution >= 4 is 11.6 Å². The van der Waals surface area contributed by atoms with Crippen molar-refractivity contribution in [3.05, 3.63) is 65.2 Å². The highest BCUT2D eigenvalue weighted by Crippen LogP contribution is 2.34. The summed E-state index contributed by atoms with van der Waals surface area (Å²) in [5.41, 5.74) is 4.14. The average Bonchev–Trinajstić information content (AvgIpc) is 2.54. The maximum absolute atomic E-state index is 12.8. The van der Waals surface area contributed by atoms with Crippen molar-refractivity contribution in [2.75, 3.05) is 18.5 Å². The molecule has 1 N–H and O–H groups in total. The molecule has 3 nitrogen and oxygen atoms in total. The van der Waals surface area contributed by atoms with Gasteiger partial charge in [0.2, 0.25) is 0 Å². The van der Waals surface area contributed by atoms with Gasteiger partial charge in [-0.15, -0.1) is 0 Å². The monoisotopic (exact) mass is 280 g/mol. The molecular weight excluding hydrogens is 260 g/mol. The molecule has 1 amide bonds. The molecule has 0 bridgehead atoms. The van der Waals surface area contributed by atoms with Crippen molar-refractivity contribution in [3.8, 4) is 0 Å². The third-order valence-electron chi connectivity index (χ3n) is 4.14. The Balaban J connectivity index is 1.96. The third kappa shape index (κ3) is 2.57. The van der Waals surface area contributed by atoms with E-state index in [1.807, 2.05) is 61.3 Å². The van der Waals surface area contributed by atoms with E-state index in [1.165, 1.54) is 11.1 Å². The van der Waals surface area contributed by atoms with Gasteiger partial charge in [0.25, 0.3) is 5.91 Å². The van der Waals surface area contributed by atoms with Crippen molar-refractivity contribution in [1.29, 1.82) is 0 Å². The molecule has 108 valence electrons. The van der Waals surface area contributed by atoms with Crippen LogP contribution in [0.2, 0.25) is 0 Å². The molecule has 2 aromatic rings. The Morgan fingerprint density at radius 2 is 1.86 bits per heavy atom. The molecule has 3 rings (SSSR count). The molecule has 0 saturated heterocycles. The van der Waals surface area contributed by atoms with Gasteiger partial charge in [0.15, 0.2) is 0 Å². The summed E-state index contributed by atoms with van der Waals surface area (Å²) in [5, 5.41) is 3.33. The van der Waals surface area contributed by atoms with Crippen LogP contribution in [0, 0.1) is 6.92 Å². The highest BCUT2D eigenvalue weighted by molar-refractivity contribution is 6.06. The highest BCUT2D eigenvalue weighted by Gasteiger charge is 2.27. The molecule has 1 atom stereocenters. The van der Waals surface area contributed by atoms with Crippen molar-refractivity contribution in [3.63, 3.8) is 0 Å². The summed E-state index contributed by atoms with van der Waals surface area (Å²) in [4.78, 5) is 14.7. The molecule has 0 radical (unpaired) electrons. The van der Waals surface area contributed by atoms with Gasteiger partial charge in [-0.3, -0.25) is 4.79 Å². The number of benzene rings is 2. The first-order valence-corrected chi connectivity index (χ1v) is 7.35. The number of anilines is 1. The van der Waals surface area contributed by atoms with Gasteiger partial charge in [0.05, 0.1) is 0 Å². The van der Waals surface area contributed by atoms with Crippen LogP contribution in [-0.4, -0.2) is 19.5 Å². The zero-order valence-corrected chi connectivity index (χ0v) is 12.5. The molecule has 0 aliphatic carbocycles. The summed E-state index contributed by atoms with van der Waals surface area (Å²) in [6.07, 6.45) is 0.936. The van der Waals surface area contributed by atoms with Crippen LogP contribution in [0.5, 0.6) is 0 Å². The fourth-order valence-electron chi connectivity index (χ4n) is 2.92. The quantitative estimate of drug-likeness (QED) is 0.915. The predicted octanol–water partition coefficient (Wildman–Crippen LogP) is 3.31. The number of carbonyl (C=O) groups is 1. The van der Waals surface area contributed by atoms with Crippen molar-refractivity contribution in [2.24, 2.45) is 0 Å². The van der Waals surface area contributed by atoms with Crippen LogP contribution in [0.4, 0.5) is 5.69 Å². The lowest BCUT2D eigenvalue weighted by molar-refractivity contribution is 0.0983. The molecule has 1 aliphatic rings. The minimum absolute atomic E-state index is 0.0806. The molecule has 0 aromatic heterocycles. The van der Waals surface area contributed by atoms with Crippen LogP contribution >= 0.6 is 0 Å². The molecule has 0 fully saturated rings. The van der Waals surface area contributed by atoms with Gasteiger partial charge >= 0.3 is 0 Å². The molecule has 21 heavy (non-hydrogen) atoms. The molecule has 0 saturated carbocycles. The number of nitrogens with zero attached hydrogens (tertiary/aromatic N) is 1. The van der Waals surface area contributed by atoms with E-state index in [-0.39, 0.29) is 5.91 Å². The summed E-state index contributed by atoms with van der Waals surface area (Å²) >= 11 is 0. The Kier molecular flexibility index (Phi) is 3.76. The number of hydrogen-bond acceptors (Lipinski definition) is 2. The largest absolute Gasteiger partial charge is 0.313 e. The second-order valence-electron chi connectivity index (χ2n) is 5.51. The van der Waals surface area contributed by atoms with Gasteiger partial charge in [-0.1, -0.05) is 35.9 Å². The van der Waals surface area contributed by atoms with Gasteiger partial charge in [0, 0.05) is 23.8 Å². The van der Waals surface area contributed by atoms with Crippen molar-refractivity contribution in [2.45, 2.75) is 19.4 Å². The highest BCUT2D eigenvalue weighted by atomic mass is 16.2. The lowest BCUT2D eigenvalue weighted by Crippen LogP contribution is -2.39. The van der Waals surface area contributed by atoms with E-state index >= 15 is 0 Å². The van der Waals surface area contributed by atoms with E-state index in [9.17, 15) is 4.79 Å². The zero-order valence-electron chi connectivity index (χ0n) is 12.5. The lowest BCUT2D eigenvalue weighted by Gasteiger charge is -2.34. The van der Waals surface area contributed by atoms with Crippen LogP contribution in [0.3, 0.4) is 0 Å². The van der Waals surface area contributed by atoms with Crippen LogP contribution in [0.25, 0.3) is 0 Å². The SMILES string of the molecule is CNC1CCN(C(=O)c2ccc(C)cc2)c2ccccc21. The third-order valence-corrected chi connectivity index (χ3v) is 4.14. The van der Waals surface area contributed by atoms with Crippen LogP contribution < -0.4 is 10.2 Å². The fourth-order valence-corrected chi connectivity index (χ4v) is 2.92. The molecule has 3 heteroatoms. The van der Waals surface area contributed by atoms with E-state index in [4.69, 9.17) is 0 Å².